The summed E-state index contributed by atoms with van der Waals surface area (Å²) in [5.41, 5.74) is 18.4. The molecule has 1 aliphatic rings. The maximum atomic E-state index is 7.01. The van der Waals surface area contributed by atoms with Crippen molar-refractivity contribution < 1.29 is 18.9 Å². The topological polar surface area (TPSA) is 36.9 Å². The van der Waals surface area contributed by atoms with Crippen molar-refractivity contribution in [3.63, 3.8) is 0 Å². The zero-order valence-corrected chi connectivity index (χ0v) is 40.3. The summed E-state index contributed by atoms with van der Waals surface area (Å²) < 4.78 is 28.1. The van der Waals surface area contributed by atoms with Crippen molar-refractivity contribution in [3.05, 3.63) is 214 Å². The summed E-state index contributed by atoms with van der Waals surface area (Å²) >= 11 is 0. The molecule has 4 nitrogen and oxygen atoms in total. The Bertz CT molecular complexity index is 2430. The molecule has 4 heteroatoms. The molecule has 8 aromatic carbocycles. The van der Waals surface area contributed by atoms with Gasteiger partial charge in [0.05, 0.1) is 26.4 Å². The average Bonchev–Trinajstić information content (AvgIpc) is 3.38. The second-order valence-corrected chi connectivity index (χ2v) is 18.1. The number of hydrogen-bond donors (Lipinski definition) is 0. The second kappa shape index (κ2) is 22.2. The Kier molecular flexibility index (Phi) is 15.0. The minimum atomic E-state index is 0.604. The summed E-state index contributed by atoms with van der Waals surface area (Å²) in [6.45, 7) is 11.2. The number of benzene rings is 8. The highest BCUT2D eigenvalue weighted by Gasteiger charge is 2.25. The summed E-state index contributed by atoms with van der Waals surface area (Å²) in [4.78, 5) is 0. The molecule has 1 aliphatic carbocycles. The van der Waals surface area contributed by atoms with E-state index < -0.39 is 0 Å². The summed E-state index contributed by atoms with van der Waals surface area (Å²) in [5.74, 6) is 3.75. The molecule has 0 fully saturated rings. The SMILES string of the molecule is CCCOc1c2cc(-c3ccccc3)cc1Cc1cc(-c3ccccc3)cc(c1OCCC)Cc1cc(-c3ccccc3)cc(c1OCCC)Cc1cc(-c3ccccc3)cc(c1OCCC)C2. The first-order valence-electron chi connectivity index (χ1n) is 24.9. The van der Waals surface area contributed by atoms with Crippen molar-refractivity contribution in [1.29, 1.82) is 0 Å². The molecule has 8 aromatic rings. The van der Waals surface area contributed by atoms with Crippen LogP contribution in [0.4, 0.5) is 0 Å². The van der Waals surface area contributed by atoms with Gasteiger partial charge in [0, 0.05) is 25.7 Å². The maximum Gasteiger partial charge on any atom is 0.126 e. The van der Waals surface area contributed by atoms with Crippen LogP contribution in [0.2, 0.25) is 0 Å². The van der Waals surface area contributed by atoms with Gasteiger partial charge in [-0.3, -0.25) is 0 Å². The van der Waals surface area contributed by atoms with E-state index in [1.807, 2.05) is 0 Å². The Hall–Kier alpha value is -7.04. The number of rotatable bonds is 16. The van der Waals surface area contributed by atoms with Gasteiger partial charge in [-0.1, -0.05) is 149 Å². The zero-order chi connectivity index (χ0) is 46.7. The van der Waals surface area contributed by atoms with E-state index in [1.54, 1.807) is 0 Å². The predicted molar refractivity (Wildman–Crippen MR) is 282 cm³/mol. The molecule has 0 aliphatic heterocycles. The first-order valence-corrected chi connectivity index (χ1v) is 24.9. The lowest BCUT2D eigenvalue weighted by atomic mass is 9.86. The minimum Gasteiger partial charge on any atom is -0.493 e. The fourth-order valence-electron chi connectivity index (χ4n) is 9.64. The van der Waals surface area contributed by atoms with Crippen molar-refractivity contribution in [1.82, 2.24) is 0 Å². The molecule has 0 heterocycles. The number of hydrogen-bond acceptors (Lipinski definition) is 4. The van der Waals surface area contributed by atoms with Gasteiger partial charge < -0.3 is 18.9 Å². The van der Waals surface area contributed by atoms with E-state index in [2.05, 4.69) is 198 Å². The molecule has 0 saturated heterocycles. The molecule has 0 aromatic heterocycles. The highest BCUT2D eigenvalue weighted by molar-refractivity contribution is 5.75. The van der Waals surface area contributed by atoms with Crippen molar-refractivity contribution in [2.24, 2.45) is 0 Å². The third kappa shape index (κ3) is 10.6. The Morgan fingerprint density at radius 3 is 0.588 bits per heavy atom. The molecule has 0 unspecified atom stereocenters. The van der Waals surface area contributed by atoms with Crippen LogP contribution in [0.3, 0.4) is 0 Å². The van der Waals surface area contributed by atoms with E-state index in [0.29, 0.717) is 52.1 Å². The lowest BCUT2D eigenvalue weighted by Crippen LogP contribution is -2.11. The maximum absolute atomic E-state index is 7.01. The second-order valence-electron chi connectivity index (χ2n) is 18.1. The van der Waals surface area contributed by atoms with Crippen molar-refractivity contribution in [2.75, 3.05) is 26.4 Å². The molecular weight excluding hydrogens is 833 g/mol. The van der Waals surface area contributed by atoms with E-state index >= 15 is 0 Å². The molecule has 0 atom stereocenters. The zero-order valence-electron chi connectivity index (χ0n) is 40.3. The van der Waals surface area contributed by atoms with Gasteiger partial charge in [-0.25, -0.2) is 0 Å². The van der Waals surface area contributed by atoms with E-state index in [-0.39, 0.29) is 0 Å². The largest absolute Gasteiger partial charge is 0.493 e. The molecule has 9 rings (SSSR count). The molecule has 0 spiro atoms. The van der Waals surface area contributed by atoms with Gasteiger partial charge >= 0.3 is 0 Å². The molecule has 0 amide bonds. The van der Waals surface area contributed by atoms with Crippen LogP contribution in [0.5, 0.6) is 23.0 Å². The van der Waals surface area contributed by atoms with Crippen LogP contribution in [0.25, 0.3) is 44.5 Å². The van der Waals surface area contributed by atoms with E-state index in [0.717, 1.165) is 115 Å². The predicted octanol–water partition coefficient (Wildman–Crippen LogP) is 16.2. The highest BCUT2D eigenvalue weighted by atomic mass is 16.5. The van der Waals surface area contributed by atoms with E-state index in [4.69, 9.17) is 18.9 Å². The summed E-state index contributed by atoms with van der Waals surface area (Å²) in [6, 6.07) is 62.0. The van der Waals surface area contributed by atoms with Gasteiger partial charge in [-0.2, -0.15) is 0 Å². The Balaban J connectivity index is 1.40. The monoisotopic (exact) mass is 896 g/mol. The fourth-order valence-corrected chi connectivity index (χ4v) is 9.64. The molecule has 8 bridgehead atoms. The molecule has 68 heavy (non-hydrogen) atoms. The van der Waals surface area contributed by atoms with Gasteiger partial charge in [0.25, 0.3) is 0 Å². The van der Waals surface area contributed by atoms with Crippen LogP contribution in [-0.2, 0) is 25.7 Å². The smallest absolute Gasteiger partial charge is 0.126 e. The summed E-state index contributed by atoms with van der Waals surface area (Å²) in [5, 5.41) is 0. The molecule has 0 N–H and O–H groups in total. The molecule has 0 saturated carbocycles. The van der Waals surface area contributed by atoms with Crippen molar-refractivity contribution in [2.45, 2.75) is 79.1 Å². The first-order chi connectivity index (χ1) is 33.5. The normalized spacial score (nSPS) is 12.1. The Morgan fingerprint density at radius 2 is 0.426 bits per heavy atom. The highest BCUT2D eigenvalue weighted by Crippen LogP contribution is 2.44. The van der Waals surface area contributed by atoms with E-state index in [9.17, 15) is 0 Å². The number of ether oxygens (including phenoxy) is 4. The van der Waals surface area contributed by atoms with Crippen LogP contribution < -0.4 is 18.9 Å². The van der Waals surface area contributed by atoms with Gasteiger partial charge in [-0.15, -0.1) is 0 Å². The summed E-state index contributed by atoms with van der Waals surface area (Å²) in [6.07, 6.45) is 6.02. The fraction of sp³-hybridized carbons (Fsp3) is 0.250. The lowest BCUT2D eigenvalue weighted by molar-refractivity contribution is 0.304. The third-order valence-corrected chi connectivity index (χ3v) is 12.7. The van der Waals surface area contributed by atoms with Gasteiger partial charge in [-0.05, 0) is 163 Å². The van der Waals surface area contributed by atoms with Gasteiger partial charge in [0.2, 0.25) is 0 Å². The molecule has 344 valence electrons. The average molecular weight is 897 g/mol. The first kappa shape index (κ1) is 46.1. The molecular formula is C64H64O4. The van der Waals surface area contributed by atoms with Crippen molar-refractivity contribution >= 4 is 0 Å². The Morgan fingerprint density at radius 1 is 0.250 bits per heavy atom. The van der Waals surface area contributed by atoms with E-state index in [1.165, 1.54) is 22.3 Å². The van der Waals surface area contributed by atoms with Crippen LogP contribution in [-0.4, -0.2) is 26.4 Å². The summed E-state index contributed by atoms with van der Waals surface area (Å²) in [7, 11) is 0. The Labute approximate surface area is 404 Å². The van der Waals surface area contributed by atoms with Crippen LogP contribution in [0.1, 0.15) is 97.9 Å². The molecule has 0 radical (unpaired) electrons. The van der Waals surface area contributed by atoms with Gasteiger partial charge in [0.15, 0.2) is 0 Å². The minimum absolute atomic E-state index is 0.604. The van der Waals surface area contributed by atoms with Crippen molar-refractivity contribution in [3.8, 4) is 67.5 Å². The lowest BCUT2D eigenvalue weighted by Gasteiger charge is -2.25. The van der Waals surface area contributed by atoms with Gasteiger partial charge in [0.1, 0.15) is 23.0 Å². The quantitative estimate of drug-likeness (QED) is 0.0968. The van der Waals surface area contributed by atoms with Crippen LogP contribution in [0.15, 0.2) is 170 Å². The standard InChI is InChI=1S/C64H64O4/c1-5-29-65-61-53-33-49(45-21-13-9-14-22-45)34-54(61)42-56-36-51(47-25-17-11-18-26-47)38-58(63(56)67-31-7-3)44-60-40-52(48-27-19-12-20-28-48)39-59(64(60)68-32-8-4)43-57-37-50(46-23-15-10-16-24-46)35-55(41-53)62(57)66-30-6-2/h9-28,33-40H,5-8,29-32,41-44H2,1-4H3. The third-order valence-electron chi connectivity index (χ3n) is 12.7. The van der Waals surface area contributed by atoms with Crippen LogP contribution >= 0.6 is 0 Å². The number of fused-ring (bicyclic) bond motifs is 8. The van der Waals surface area contributed by atoms with Crippen LogP contribution in [0, 0.1) is 0 Å².